The van der Waals surface area contributed by atoms with E-state index in [0.29, 0.717) is 12.2 Å². The van der Waals surface area contributed by atoms with Crippen LogP contribution in [-0.2, 0) is 16.4 Å². The number of hydrogen-bond acceptors (Lipinski definition) is 3. The number of methoxy groups -OCH3 is 1. The van der Waals surface area contributed by atoms with Crippen molar-refractivity contribution in [2.24, 2.45) is 0 Å². The van der Waals surface area contributed by atoms with Crippen molar-refractivity contribution in [3.63, 3.8) is 0 Å². The molecule has 6 heteroatoms. The Hall–Kier alpha value is -1.92. The molecule has 0 spiro atoms. The van der Waals surface area contributed by atoms with Gasteiger partial charge in [-0.05, 0) is 61.2 Å². The van der Waals surface area contributed by atoms with E-state index < -0.39 is 10.0 Å². The Morgan fingerprint density at radius 1 is 1.13 bits per heavy atom. The molecule has 0 aliphatic heterocycles. The maximum Gasteiger partial charge on any atom is 0.240 e. The minimum atomic E-state index is -3.61. The molecule has 23 heavy (non-hydrogen) atoms. The molecule has 2 rings (SSSR count). The molecule has 0 heterocycles. The number of sulfonamides is 1. The highest BCUT2D eigenvalue weighted by Gasteiger charge is 2.16. The molecular weight excluding hydrogens is 317 g/mol. The van der Waals surface area contributed by atoms with Crippen molar-refractivity contribution in [1.82, 2.24) is 4.72 Å². The van der Waals surface area contributed by atoms with Crippen molar-refractivity contribution >= 4 is 10.0 Å². The van der Waals surface area contributed by atoms with E-state index in [9.17, 15) is 12.8 Å². The van der Waals surface area contributed by atoms with Gasteiger partial charge in [0.25, 0.3) is 0 Å². The van der Waals surface area contributed by atoms with E-state index in [-0.39, 0.29) is 17.3 Å². The molecule has 0 radical (unpaired) electrons. The van der Waals surface area contributed by atoms with Gasteiger partial charge >= 0.3 is 0 Å². The standard InChI is InChI=1S/C17H20FNO3S/c1-12-9-16(10-13(2)17(12)22-3)23(20,21)19-8-7-14-5-4-6-15(18)11-14/h4-6,9-11,19H,7-8H2,1-3H3. The van der Waals surface area contributed by atoms with Crippen molar-refractivity contribution in [2.75, 3.05) is 13.7 Å². The SMILES string of the molecule is COc1c(C)cc(S(=O)(=O)NCCc2cccc(F)c2)cc1C. The van der Waals surface area contributed by atoms with E-state index in [4.69, 9.17) is 4.74 Å². The zero-order valence-corrected chi connectivity index (χ0v) is 14.2. The van der Waals surface area contributed by atoms with Crippen LogP contribution in [0.4, 0.5) is 4.39 Å². The molecule has 2 aromatic carbocycles. The highest BCUT2D eigenvalue weighted by atomic mass is 32.2. The Kier molecular flexibility index (Phi) is 5.38. The van der Waals surface area contributed by atoms with Crippen molar-refractivity contribution in [2.45, 2.75) is 25.2 Å². The second-order valence-corrected chi connectivity index (χ2v) is 7.13. The highest BCUT2D eigenvalue weighted by molar-refractivity contribution is 7.89. The summed E-state index contributed by atoms with van der Waals surface area (Å²) in [5, 5.41) is 0. The molecule has 0 saturated carbocycles. The van der Waals surface area contributed by atoms with E-state index in [1.165, 1.54) is 12.1 Å². The van der Waals surface area contributed by atoms with Gasteiger partial charge in [-0.1, -0.05) is 12.1 Å². The summed E-state index contributed by atoms with van der Waals surface area (Å²) in [6.45, 7) is 3.81. The average molecular weight is 337 g/mol. The van der Waals surface area contributed by atoms with Crippen LogP contribution in [0.15, 0.2) is 41.3 Å². The summed E-state index contributed by atoms with van der Waals surface area (Å²) >= 11 is 0. The summed E-state index contributed by atoms with van der Waals surface area (Å²) in [5.74, 6) is 0.357. The second-order valence-electron chi connectivity index (χ2n) is 5.37. The first kappa shape index (κ1) is 17.4. The smallest absolute Gasteiger partial charge is 0.240 e. The summed E-state index contributed by atoms with van der Waals surface area (Å²) in [5.41, 5.74) is 2.27. The molecule has 0 saturated heterocycles. The normalized spacial score (nSPS) is 11.5. The van der Waals surface area contributed by atoms with Crippen LogP contribution < -0.4 is 9.46 Å². The van der Waals surface area contributed by atoms with Crippen LogP contribution in [0.3, 0.4) is 0 Å². The summed E-state index contributed by atoms with van der Waals surface area (Å²) in [4.78, 5) is 0.201. The molecule has 0 aromatic heterocycles. The summed E-state index contributed by atoms with van der Waals surface area (Å²) < 4.78 is 45.6. The van der Waals surface area contributed by atoms with Gasteiger partial charge in [0.05, 0.1) is 12.0 Å². The molecule has 1 N–H and O–H groups in total. The first-order valence-electron chi connectivity index (χ1n) is 7.23. The van der Waals surface area contributed by atoms with Crippen LogP contribution in [0.1, 0.15) is 16.7 Å². The maximum absolute atomic E-state index is 13.1. The third kappa shape index (κ3) is 4.30. The van der Waals surface area contributed by atoms with Gasteiger partial charge in [-0.15, -0.1) is 0 Å². The van der Waals surface area contributed by atoms with E-state index in [2.05, 4.69) is 4.72 Å². The molecular formula is C17H20FNO3S. The van der Waals surface area contributed by atoms with Crippen molar-refractivity contribution in [3.05, 3.63) is 58.9 Å². The first-order valence-corrected chi connectivity index (χ1v) is 8.71. The lowest BCUT2D eigenvalue weighted by atomic mass is 10.1. The largest absolute Gasteiger partial charge is 0.496 e. The second kappa shape index (κ2) is 7.10. The predicted octanol–water partition coefficient (Wildman–Crippen LogP) is 2.97. The number of nitrogens with one attached hydrogen (secondary N) is 1. The fourth-order valence-electron chi connectivity index (χ4n) is 2.49. The van der Waals surface area contributed by atoms with E-state index >= 15 is 0 Å². The van der Waals surface area contributed by atoms with Crippen LogP contribution >= 0.6 is 0 Å². The van der Waals surface area contributed by atoms with Gasteiger partial charge in [-0.3, -0.25) is 0 Å². The van der Waals surface area contributed by atoms with Crippen molar-refractivity contribution in [1.29, 1.82) is 0 Å². The monoisotopic (exact) mass is 337 g/mol. The van der Waals surface area contributed by atoms with Gasteiger partial charge < -0.3 is 4.74 Å². The predicted molar refractivity (Wildman–Crippen MR) is 87.8 cm³/mol. The summed E-state index contributed by atoms with van der Waals surface area (Å²) in [6.07, 6.45) is 0.422. The third-order valence-electron chi connectivity index (χ3n) is 3.54. The average Bonchev–Trinajstić information content (AvgIpc) is 2.46. The Morgan fingerprint density at radius 3 is 2.35 bits per heavy atom. The van der Waals surface area contributed by atoms with Crippen molar-refractivity contribution in [3.8, 4) is 5.75 Å². The molecule has 2 aromatic rings. The van der Waals surface area contributed by atoms with Gasteiger partial charge in [-0.2, -0.15) is 0 Å². The van der Waals surface area contributed by atoms with E-state index in [0.717, 1.165) is 16.7 Å². The Labute approximate surface area is 136 Å². The van der Waals surface area contributed by atoms with Gasteiger partial charge in [0.15, 0.2) is 0 Å². The maximum atomic E-state index is 13.1. The summed E-state index contributed by atoms with van der Waals surface area (Å²) in [6, 6.07) is 9.29. The summed E-state index contributed by atoms with van der Waals surface area (Å²) in [7, 11) is -2.05. The van der Waals surface area contributed by atoms with Gasteiger partial charge in [0.1, 0.15) is 11.6 Å². The number of halogens is 1. The molecule has 0 bridgehead atoms. The van der Waals surface area contributed by atoms with Crippen LogP contribution in [0.5, 0.6) is 5.75 Å². The topological polar surface area (TPSA) is 55.4 Å². The van der Waals surface area contributed by atoms with Crippen LogP contribution in [-0.4, -0.2) is 22.1 Å². The lowest BCUT2D eigenvalue weighted by molar-refractivity contribution is 0.408. The fourth-order valence-corrected chi connectivity index (χ4v) is 3.69. The Bertz CT molecular complexity index is 780. The molecule has 0 amide bonds. The molecule has 4 nitrogen and oxygen atoms in total. The van der Waals surface area contributed by atoms with Crippen molar-refractivity contribution < 1.29 is 17.5 Å². The Morgan fingerprint density at radius 2 is 1.78 bits per heavy atom. The lowest BCUT2D eigenvalue weighted by Crippen LogP contribution is -2.26. The first-order chi connectivity index (χ1) is 10.8. The molecule has 0 fully saturated rings. The van der Waals surface area contributed by atoms with Crippen LogP contribution in [0, 0.1) is 19.7 Å². The number of rotatable bonds is 6. The minimum absolute atomic E-state index is 0.201. The number of benzene rings is 2. The van der Waals surface area contributed by atoms with Crippen LogP contribution in [0.25, 0.3) is 0 Å². The van der Waals surface area contributed by atoms with Crippen LogP contribution in [0.2, 0.25) is 0 Å². The Balaban J connectivity index is 2.10. The number of aryl methyl sites for hydroxylation is 2. The number of ether oxygens (including phenoxy) is 1. The van der Waals surface area contributed by atoms with Gasteiger partial charge in [0.2, 0.25) is 10.0 Å². The zero-order valence-electron chi connectivity index (χ0n) is 13.4. The van der Waals surface area contributed by atoms with Gasteiger partial charge in [0, 0.05) is 6.54 Å². The lowest BCUT2D eigenvalue weighted by Gasteiger charge is -2.12. The fraction of sp³-hybridized carbons (Fsp3) is 0.294. The number of hydrogen-bond donors (Lipinski definition) is 1. The quantitative estimate of drug-likeness (QED) is 0.882. The molecule has 0 unspecified atom stereocenters. The molecule has 0 atom stereocenters. The van der Waals surface area contributed by atoms with E-state index in [1.807, 2.05) is 0 Å². The molecule has 124 valence electrons. The zero-order chi connectivity index (χ0) is 17.0. The third-order valence-corrected chi connectivity index (χ3v) is 4.98. The minimum Gasteiger partial charge on any atom is -0.496 e. The van der Waals surface area contributed by atoms with Gasteiger partial charge in [-0.25, -0.2) is 17.5 Å². The van der Waals surface area contributed by atoms with E-state index in [1.54, 1.807) is 45.2 Å². The molecule has 0 aliphatic carbocycles. The highest BCUT2D eigenvalue weighted by Crippen LogP contribution is 2.26. The molecule has 0 aliphatic rings.